The number of halogens is 1. The third-order valence-corrected chi connectivity index (χ3v) is 3.85. The van der Waals surface area contributed by atoms with E-state index in [1.165, 1.54) is 10.4 Å². The van der Waals surface area contributed by atoms with Crippen LogP contribution in [-0.4, -0.2) is 11.7 Å². The number of benzene rings is 1. The van der Waals surface area contributed by atoms with Crippen molar-refractivity contribution in [1.82, 2.24) is 0 Å². The fraction of sp³-hybridized carbons (Fsp3) is 0.231. The Hall–Kier alpha value is -0.830. The first-order chi connectivity index (χ1) is 7.79. The predicted molar refractivity (Wildman–Crippen MR) is 69.3 cm³/mol. The minimum Gasteiger partial charge on any atom is -0.396 e. The second kappa shape index (κ2) is 5.48. The molecule has 2 aromatic rings. The molecular weight excluding hydrogens is 240 g/mol. The molecule has 3 heteroatoms. The topological polar surface area (TPSA) is 20.2 Å². The van der Waals surface area contributed by atoms with E-state index in [0.717, 1.165) is 11.4 Å². The second-order valence-electron chi connectivity index (χ2n) is 3.73. The van der Waals surface area contributed by atoms with Crippen LogP contribution in [0.4, 0.5) is 0 Å². The molecule has 0 spiro atoms. The zero-order valence-electron chi connectivity index (χ0n) is 8.77. The van der Waals surface area contributed by atoms with Gasteiger partial charge in [-0.05, 0) is 35.6 Å². The summed E-state index contributed by atoms with van der Waals surface area (Å²) in [6, 6.07) is 11.9. The molecule has 1 atom stereocenters. The molecule has 0 aliphatic heterocycles. The van der Waals surface area contributed by atoms with E-state index < -0.39 is 0 Å². The van der Waals surface area contributed by atoms with Crippen LogP contribution in [0, 0.1) is 0 Å². The number of hydrogen-bond donors (Lipinski definition) is 1. The lowest BCUT2D eigenvalue weighted by Crippen LogP contribution is -2.05. The van der Waals surface area contributed by atoms with Crippen LogP contribution in [0.25, 0.3) is 0 Å². The fourth-order valence-corrected chi connectivity index (χ4v) is 2.63. The molecule has 0 fully saturated rings. The van der Waals surface area contributed by atoms with Crippen molar-refractivity contribution in [2.45, 2.75) is 12.3 Å². The average molecular weight is 253 g/mol. The summed E-state index contributed by atoms with van der Waals surface area (Å²) < 4.78 is 0. The number of hydrogen-bond acceptors (Lipinski definition) is 2. The molecule has 1 nitrogen and oxygen atoms in total. The lowest BCUT2D eigenvalue weighted by Gasteiger charge is -2.12. The summed E-state index contributed by atoms with van der Waals surface area (Å²) in [6.07, 6.45) is 0.855. The molecular formula is C13H13ClOS. The highest BCUT2D eigenvalue weighted by Gasteiger charge is 2.12. The van der Waals surface area contributed by atoms with Crippen LogP contribution < -0.4 is 0 Å². The van der Waals surface area contributed by atoms with E-state index in [1.54, 1.807) is 11.3 Å². The van der Waals surface area contributed by atoms with E-state index in [0.29, 0.717) is 0 Å². The van der Waals surface area contributed by atoms with Crippen LogP contribution in [0.3, 0.4) is 0 Å². The third kappa shape index (κ3) is 2.85. The maximum absolute atomic E-state index is 9.39. The molecule has 0 saturated carbocycles. The van der Waals surface area contributed by atoms with Gasteiger partial charge < -0.3 is 5.11 Å². The van der Waals surface area contributed by atoms with Gasteiger partial charge in [0.25, 0.3) is 0 Å². The first-order valence-corrected chi connectivity index (χ1v) is 6.44. The molecule has 0 bridgehead atoms. The second-order valence-corrected chi connectivity index (χ2v) is 5.14. The van der Waals surface area contributed by atoms with Crippen molar-refractivity contribution < 1.29 is 5.11 Å². The molecule has 0 aliphatic rings. The van der Waals surface area contributed by atoms with Crippen molar-refractivity contribution in [3.8, 4) is 0 Å². The summed E-state index contributed by atoms with van der Waals surface area (Å²) in [5.41, 5.74) is 1.21. The van der Waals surface area contributed by atoms with Crippen LogP contribution in [0.15, 0.2) is 41.8 Å². The van der Waals surface area contributed by atoms with Gasteiger partial charge in [-0.1, -0.05) is 29.8 Å². The number of rotatable bonds is 4. The van der Waals surface area contributed by atoms with E-state index in [2.05, 4.69) is 6.07 Å². The molecule has 0 saturated heterocycles. The van der Waals surface area contributed by atoms with Crippen molar-refractivity contribution in [2.24, 2.45) is 0 Å². The van der Waals surface area contributed by atoms with Gasteiger partial charge in [0.05, 0.1) is 6.61 Å². The van der Waals surface area contributed by atoms with E-state index in [-0.39, 0.29) is 12.5 Å². The summed E-state index contributed by atoms with van der Waals surface area (Å²) in [6.45, 7) is 0.184. The zero-order valence-corrected chi connectivity index (χ0v) is 10.3. The van der Waals surface area contributed by atoms with Crippen LogP contribution in [0.1, 0.15) is 16.4 Å². The average Bonchev–Trinajstić information content (AvgIpc) is 2.82. The van der Waals surface area contributed by atoms with Crippen LogP contribution in [0.5, 0.6) is 0 Å². The molecule has 84 valence electrons. The first kappa shape index (κ1) is 11.6. The van der Waals surface area contributed by atoms with Crippen molar-refractivity contribution in [1.29, 1.82) is 0 Å². The Morgan fingerprint density at radius 3 is 2.50 bits per heavy atom. The smallest absolute Gasteiger partial charge is 0.0510 e. The predicted octanol–water partition coefficient (Wildman–Crippen LogP) is 3.72. The molecule has 1 heterocycles. The summed E-state index contributed by atoms with van der Waals surface area (Å²) in [5, 5.41) is 12.2. The molecule has 1 aromatic heterocycles. The van der Waals surface area contributed by atoms with Gasteiger partial charge in [0.15, 0.2) is 0 Å². The minimum atomic E-state index is 0.184. The summed E-state index contributed by atoms with van der Waals surface area (Å²) >= 11 is 7.53. The number of aliphatic hydroxyl groups excluding tert-OH is 1. The Labute approximate surface area is 104 Å². The SMILES string of the molecule is OCC(Cc1ccc(Cl)cc1)c1cccs1. The van der Waals surface area contributed by atoms with Crippen LogP contribution >= 0.6 is 22.9 Å². The molecule has 16 heavy (non-hydrogen) atoms. The van der Waals surface area contributed by atoms with Gasteiger partial charge in [0.2, 0.25) is 0 Å². The standard InChI is InChI=1S/C13H13ClOS/c14-12-5-3-10(4-6-12)8-11(9-15)13-2-1-7-16-13/h1-7,11,15H,8-9H2. The monoisotopic (exact) mass is 252 g/mol. The maximum atomic E-state index is 9.39. The van der Waals surface area contributed by atoms with Crippen LogP contribution in [0.2, 0.25) is 5.02 Å². The van der Waals surface area contributed by atoms with Gasteiger partial charge in [0, 0.05) is 15.8 Å². The Morgan fingerprint density at radius 2 is 1.94 bits per heavy atom. The lowest BCUT2D eigenvalue weighted by atomic mass is 9.99. The van der Waals surface area contributed by atoms with Crippen molar-refractivity contribution in [2.75, 3.05) is 6.61 Å². The van der Waals surface area contributed by atoms with E-state index in [1.807, 2.05) is 35.7 Å². The third-order valence-electron chi connectivity index (χ3n) is 2.56. The van der Waals surface area contributed by atoms with Gasteiger partial charge in [0.1, 0.15) is 0 Å². The largest absolute Gasteiger partial charge is 0.396 e. The zero-order chi connectivity index (χ0) is 11.4. The van der Waals surface area contributed by atoms with Gasteiger partial charge in [-0.3, -0.25) is 0 Å². The van der Waals surface area contributed by atoms with Crippen LogP contribution in [-0.2, 0) is 6.42 Å². The Bertz CT molecular complexity index is 422. The molecule has 2 rings (SSSR count). The molecule has 1 aromatic carbocycles. The van der Waals surface area contributed by atoms with Gasteiger partial charge in [-0.15, -0.1) is 11.3 Å². The highest BCUT2D eigenvalue weighted by atomic mass is 35.5. The van der Waals surface area contributed by atoms with Crippen molar-refractivity contribution in [3.63, 3.8) is 0 Å². The molecule has 1 unspecified atom stereocenters. The van der Waals surface area contributed by atoms with Gasteiger partial charge in [-0.2, -0.15) is 0 Å². The number of thiophene rings is 1. The van der Waals surface area contributed by atoms with Crippen molar-refractivity contribution in [3.05, 3.63) is 57.2 Å². The normalized spacial score (nSPS) is 12.6. The fourth-order valence-electron chi connectivity index (χ4n) is 1.68. The quantitative estimate of drug-likeness (QED) is 0.879. The number of aliphatic hydroxyl groups is 1. The molecule has 1 N–H and O–H groups in total. The highest BCUT2D eigenvalue weighted by Crippen LogP contribution is 2.25. The van der Waals surface area contributed by atoms with E-state index in [9.17, 15) is 5.11 Å². The summed E-state index contributed by atoms with van der Waals surface area (Å²) in [4.78, 5) is 1.23. The minimum absolute atomic E-state index is 0.184. The van der Waals surface area contributed by atoms with E-state index in [4.69, 9.17) is 11.6 Å². The van der Waals surface area contributed by atoms with Crippen molar-refractivity contribution >= 4 is 22.9 Å². The highest BCUT2D eigenvalue weighted by molar-refractivity contribution is 7.10. The Kier molecular flexibility index (Phi) is 3.99. The molecule has 0 amide bonds. The van der Waals surface area contributed by atoms with Gasteiger partial charge >= 0.3 is 0 Å². The molecule has 0 radical (unpaired) electrons. The molecule has 0 aliphatic carbocycles. The van der Waals surface area contributed by atoms with E-state index >= 15 is 0 Å². The lowest BCUT2D eigenvalue weighted by molar-refractivity contribution is 0.266. The Morgan fingerprint density at radius 1 is 1.19 bits per heavy atom. The summed E-state index contributed by atoms with van der Waals surface area (Å²) in [5.74, 6) is 0.196. The van der Waals surface area contributed by atoms with Gasteiger partial charge in [-0.25, -0.2) is 0 Å². The first-order valence-electron chi connectivity index (χ1n) is 5.18. The summed E-state index contributed by atoms with van der Waals surface area (Å²) in [7, 11) is 0. The maximum Gasteiger partial charge on any atom is 0.0510 e. The Balaban J connectivity index is 2.10.